The van der Waals surface area contributed by atoms with Gasteiger partial charge in [0.1, 0.15) is 0 Å². The summed E-state index contributed by atoms with van der Waals surface area (Å²) in [5.74, 6) is -0.519. The number of carbonyl (C=O) groups is 1. The Kier molecular flexibility index (Phi) is 1.36. The van der Waals surface area contributed by atoms with Gasteiger partial charge in [0.25, 0.3) is 0 Å². The molecular weight excluding hydrogens is 194 g/mol. The van der Waals surface area contributed by atoms with Gasteiger partial charge in [-0.15, -0.1) is 0 Å². The van der Waals surface area contributed by atoms with Gasteiger partial charge in [-0.3, -0.25) is 9.78 Å². The Morgan fingerprint density at radius 3 is 2.80 bits per heavy atom. The van der Waals surface area contributed by atoms with Crippen LogP contribution in [0.1, 0.15) is 22.8 Å². The van der Waals surface area contributed by atoms with Gasteiger partial charge in [0.15, 0.2) is 11.4 Å². The van der Waals surface area contributed by atoms with Crippen molar-refractivity contribution in [2.45, 2.75) is 6.92 Å². The van der Waals surface area contributed by atoms with Crippen molar-refractivity contribution in [1.29, 1.82) is 0 Å². The quantitative estimate of drug-likeness (QED) is 0.705. The monoisotopic (exact) mass is 201 g/mol. The number of oxazole rings is 1. The molecule has 74 valence electrons. The minimum absolute atomic E-state index is 0.0218. The Morgan fingerprint density at radius 2 is 2.00 bits per heavy atom. The van der Waals surface area contributed by atoms with Crippen LogP contribution in [0.15, 0.2) is 27.4 Å². The number of ketones is 1. The Balaban J connectivity index is 2.45. The van der Waals surface area contributed by atoms with Crippen LogP contribution in [0.2, 0.25) is 0 Å². The fraction of sp³-hybridized carbons (Fsp3) is 0.0909. The van der Waals surface area contributed by atoms with E-state index in [1.54, 1.807) is 18.2 Å². The van der Waals surface area contributed by atoms with Crippen LogP contribution in [0.4, 0.5) is 0 Å². The molecule has 4 heteroatoms. The molecule has 0 spiro atoms. The summed E-state index contributed by atoms with van der Waals surface area (Å²) in [7, 11) is 0. The lowest BCUT2D eigenvalue weighted by Crippen LogP contribution is -1.94. The van der Waals surface area contributed by atoms with Gasteiger partial charge in [-0.2, -0.15) is 0 Å². The van der Waals surface area contributed by atoms with Crippen molar-refractivity contribution in [1.82, 2.24) is 4.98 Å². The molecule has 1 aliphatic carbocycles. The first-order valence-electron chi connectivity index (χ1n) is 4.55. The van der Waals surface area contributed by atoms with Crippen LogP contribution in [0, 0.1) is 0 Å². The van der Waals surface area contributed by atoms with E-state index >= 15 is 0 Å². The van der Waals surface area contributed by atoms with Crippen LogP contribution in [0.5, 0.6) is 0 Å². The van der Waals surface area contributed by atoms with E-state index in [9.17, 15) is 9.59 Å². The fourth-order valence-corrected chi connectivity index (χ4v) is 1.88. The Morgan fingerprint density at radius 1 is 1.20 bits per heavy atom. The second-order valence-corrected chi connectivity index (χ2v) is 3.60. The first-order chi connectivity index (χ1) is 7.15. The summed E-state index contributed by atoms with van der Waals surface area (Å²) in [6, 6.07) is 3.38. The van der Waals surface area contributed by atoms with E-state index < -0.39 is 5.76 Å². The van der Waals surface area contributed by atoms with Gasteiger partial charge < -0.3 is 4.42 Å². The minimum atomic E-state index is -0.497. The molecule has 0 saturated carbocycles. The molecule has 0 saturated heterocycles. The summed E-state index contributed by atoms with van der Waals surface area (Å²) in [4.78, 5) is 25.0. The number of hydrogen-bond donors (Lipinski definition) is 1. The molecule has 15 heavy (non-hydrogen) atoms. The van der Waals surface area contributed by atoms with E-state index in [0.29, 0.717) is 16.7 Å². The highest BCUT2D eigenvalue weighted by Crippen LogP contribution is 2.29. The lowest BCUT2D eigenvalue weighted by molar-refractivity contribution is 0.105. The first-order valence-corrected chi connectivity index (χ1v) is 4.55. The maximum atomic E-state index is 11.5. The third kappa shape index (κ3) is 1.01. The molecule has 0 atom stereocenters. The molecule has 1 aromatic carbocycles. The first kappa shape index (κ1) is 8.23. The number of nitrogens with one attached hydrogen (secondary N) is 1. The Bertz CT molecular complexity index is 673. The highest BCUT2D eigenvalue weighted by Gasteiger charge is 2.20. The molecule has 3 rings (SSSR count). The molecule has 4 nitrogen and oxygen atoms in total. The lowest BCUT2D eigenvalue weighted by Gasteiger charge is -1.98. The van der Waals surface area contributed by atoms with Gasteiger partial charge in [0, 0.05) is 5.56 Å². The van der Waals surface area contributed by atoms with Crippen molar-refractivity contribution < 1.29 is 9.21 Å². The summed E-state index contributed by atoms with van der Waals surface area (Å²) < 4.78 is 4.93. The summed E-state index contributed by atoms with van der Waals surface area (Å²) in [5.41, 5.74) is 3.42. The topological polar surface area (TPSA) is 63.1 Å². The van der Waals surface area contributed by atoms with Gasteiger partial charge in [-0.25, -0.2) is 4.79 Å². The summed E-state index contributed by atoms with van der Waals surface area (Å²) in [5, 5.41) is 0. The molecule has 1 heterocycles. The van der Waals surface area contributed by atoms with Crippen molar-refractivity contribution >= 4 is 22.5 Å². The molecule has 1 N–H and O–H groups in total. The molecule has 1 aliphatic rings. The predicted molar refractivity (Wildman–Crippen MR) is 54.8 cm³/mol. The zero-order valence-electron chi connectivity index (χ0n) is 7.96. The number of aromatic amines is 1. The number of hydrogen-bond acceptors (Lipinski definition) is 3. The molecule has 0 aliphatic heterocycles. The molecule has 0 fully saturated rings. The highest BCUT2D eigenvalue weighted by atomic mass is 16.4. The van der Waals surface area contributed by atoms with Crippen molar-refractivity contribution in [3.05, 3.63) is 39.9 Å². The maximum absolute atomic E-state index is 11.5. The fourth-order valence-electron chi connectivity index (χ4n) is 1.88. The van der Waals surface area contributed by atoms with Gasteiger partial charge in [0.2, 0.25) is 0 Å². The molecular formula is C11H7NO3. The summed E-state index contributed by atoms with van der Waals surface area (Å²) in [6.07, 6.45) is 1.58. The van der Waals surface area contributed by atoms with Crippen LogP contribution in [0.25, 0.3) is 16.7 Å². The molecule has 0 unspecified atom stereocenters. The van der Waals surface area contributed by atoms with E-state index in [2.05, 4.69) is 4.98 Å². The molecule has 0 amide bonds. The Labute approximate surface area is 84.2 Å². The van der Waals surface area contributed by atoms with Gasteiger partial charge in [0.05, 0.1) is 5.52 Å². The van der Waals surface area contributed by atoms with E-state index in [1.165, 1.54) is 0 Å². The summed E-state index contributed by atoms with van der Waals surface area (Å²) in [6.45, 7) is 1.86. The van der Waals surface area contributed by atoms with Crippen LogP contribution in [0.3, 0.4) is 0 Å². The van der Waals surface area contributed by atoms with Crippen molar-refractivity contribution in [2.24, 2.45) is 0 Å². The third-order valence-corrected chi connectivity index (χ3v) is 2.60. The SMILES string of the molecule is CC1=CC(=O)c2cc3[nH]c(=O)oc3cc21. The highest BCUT2D eigenvalue weighted by molar-refractivity contribution is 6.17. The van der Waals surface area contributed by atoms with Gasteiger partial charge in [-0.1, -0.05) is 0 Å². The second-order valence-electron chi connectivity index (χ2n) is 3.60. The minimum Gasteiger partial charge on any atom is -0.408 e. The lowest BCUT2D eigenvalue weighted by atomic mass is 10.1. The van der Waals surface area contributed by atoms with Crippen molar-refractivity contribution in [3.63, 3.8) is 0 Å². The molecule has 0 bridgehead atoms. The van der Waals surface area contributed by atoms with Gasteiger partial charge in [-0.05, 0) is 36.3 Å². The smallest absolute Gasteiger partial charge is 0.408 e. The van der Waals surface area contributed by atoms with Crippen LogP contribution < -0.4 is 5.76 Å². The van der Waals surface area contributed by atoms with E-state index in [1.807, 2.05) is 6.92 Å². The average Bonchev–Trinajstić information content (AvgIpc) is 2.65. The second kappa shape index (κ2) is 2.48. The number of carbonyl (C=O) groups excluding carboxylic acids is 1. The standard InChI is InChI=1S/C11H7NO3/c1-5-2-9(13)7-3-8-10(4-6(5)7)15-11(14)12-8/h2-4H,1H3,(H,12,14). The summed E-state index contributed by atoms with van der Waals surface area (Å²) >= 11 is 0. The number of allylic oxidation sites excluding steroid dienone is 2. The molecule has 2 aromatic rings. The van der Waals surface area contributed by atoms with Crippen LogP contribution >= 0.6 is 0 Å². The zero-order chi connectivity index (χ0) is 10.6. The number of benzene rings is 1. The number of fused-ring (bicyclic) bond motifs is 2. The molecule has 0 radical (unpaired) electrons. The van der Waals surface area contributed by atoms with Gasteiger partial charge >= 0.3 is 5.76 Å². The third-order valence-electron chi connectivity index (χ3n) is 2.60. The van der Waals surface area contributed by atoms with Crippen molar-refractivity contribution in [2.75, 3.05) is 0 Å². The maximum Gasteiger partial charge on any atom is 0.417 e. The zero-order valence-corrected chi connectivity index (χ0v) is 7.96. The largest absolute Gasteiger partial charge is 0.417 e. The van der Waals surface area contributed by atoms with E-state index in [-0.39, 0.29) is 5.78 Å². The number of rotatable bonds is 0. The average molecular weight is 201 g/mol. The van der Waals surface area contributed by atoms with Crippen LogP contribution in [-0.2, 0) is 0 Å². The molecule has 1 aromatic heterocycles. The Hall–Kier alpha value is -2.10. The van der Waals surface area contributed by atoms with Crippen molar-refractivity contribution in [3.8, 4) is 0 Å². The normalized spacial score (nSPS) is 14.5. The predicted octanol–water partition coefficient (Wildman–Crippen LogP) is 1.72. The number of aromatic nitrogens is 1. The van der Waals surface area contributed by atoms with E-state index in [4.69, 9.17) is 4.42 Å². The number of H-pyrrole nitrogens is 1. The van der Waals surface area contributed by atoms with Crippen LogP contribution in [-0.4, -0.2) is 10.8 Å². The van der Waals surface area contributed by atoms with E-state index in [0.717, 1.165) is 11.1 Å².